The van der Waals surface area contributed by atoms with E-state index in [0.717, 1.165) is 33.0 Å². The van der Waals surface area contributed by atoms with Crippen molar-refractivity contribution in [3.05, 3.63) is 124 Å². The maximum atomic E-state index is 12.9. The van der Waals surface area contributed by atoms with Gasteiger partial charge in [0.05, 0.1) is 21.8 Å². The lowest BCUT2D eigenvalue weighted by molar-refractivity contribution is 0.0950. The summed E-state index contributed by atoms with van der Waals surface area (Å²) in [6.07, 6.45) is 4.79. The smallest absolute Gasteiger partial charge is 0.254 e. The number of halogens is 1. The number of H-pyrrole nitrogens is 1. The van der Waals surface area contributed by atoms with Gasteiger partial charge in [0, 0.05) is 52.6 Å². The number of hydrogen-bond donors (Lipinski definition) is 2. The Bertz CT molecular complexity index is 1870. The Hall–Kier alpha value is -4.88. The van der Waals surface area contributed by atoms with Crippen molar-refractivity contribution in [1.29, 1.82) is 0 Å². The van der Waals surface area contributed by atoms with Crippen LogP contribution in [0.4, 0.5) is 0 Å². The van der Waals surface area contributed by atoms with Crippen molar-refractivity contribution in [3.8, 4) is 22.4 Å². The maximum Gasteiger partial charge on any atom is 0.254 e. The molecule has 0 aliphatic heterocycles. The van der Waals surface area contributed by atoms with E-state index in [0.29, 0.717) is 27.5 Å². The largest absolute Gasteiger partial charge is 0.348 e. The van der Waals surface area contributed by atoms with Crippen LogP contribution in [0.3, 0.4) is 0 Å². The number of benzene rings is 2. The van der Waals surface area contributed by atoms with Crippen molar-refractivity contribution in [2.75, 3.05) is 0 Å². The summed E-state index contributed by atoms with van der Waals surface area (Å²) in [5, 5.41) is 4.97. The number of rotatable bonds is 5. The molecule has 0 unspecified atom stereocenters. The van der Waals surface area contributed by atoms with Crippen LogP contribution in [0.5, 0.6) is 0 Å². The number of nitrogens with zero attached hydrogens (tertiary/aromatic N) is 3. The summed E-state index contributed by atoms with van der Waals surface area (Å²) < 4.78 is 0. The summed E-state index contributed by atoms with van der Waals surface area (Å²) in [4.78, 5) is 41.5. The summed E-state index contributed by atoms with van der Waals surface area (Å²) in [6, 6.07) is 24.6. The topological polar surface area (TPSA) is 101 Å². The first-order chi connectivity index (χ1) is 18.6. The van der Waals surface area contributed by atoms with Crippen LogP contribution in [0.1, 0.15) is 15.9 Å². The highest BCUT2D eigenvalue weighted by molar-refractivity contribution is 6.35. The molecule has 0 fully saturated rings. The van der Waals surface area contributed by atoms with Crippen LogP contribution in [0.25, 0.3) is 44.3 Å². The van der Waals surface area contributed by atoms with Crippen molar-refractivity contribution >= 4 is 39.4 Å². The minimum Gasteiger partial charge on any atom is -0.348 e. The highest BCUT2D eigenvalue weighted by Gasteiger charge is 2.16. The van der Waals surface area contributed by atoms with Gasteiger partial charge in [0.25, 0.3) is 11.5 Å². The third-order valence-electron chi connectivity index (χ3n) is 6.29. The second kappa shape index (κ2) is 9.88. The van der Waals surface area contributed by atoms with E-state index in [1.165, 1.54) is 6.20 Å². The average Bonchev–Trinajstić information content (AvgIpc) is 2.96. The van der Waals surface area contributed by atoms with Gasteiger partial charge in [-0.1, -0.05) is 48.0 Å². The Morgan fingerprint density at radius 1 is 0.895 bits per heavy atom. The maximum absolute atomic E-state index is 12.9. The fourth-order valence-electron chi connectivity index (χ4n) is 4.43. The van der Waals surface area contributed by atoms with E-state index in [1.54, 1.807) is 30.6 Å². The summed E-state index contributed by atoms with van der Waals surface area (Å²) in [5.74, 6) is -0.310. The predicted octanol–water partition coefficient (Wildman–Crippen LogP) is 5.78. The molecule has 0 spiro atoms. The lowest BCUT2D eigenvalue weighted by Crippen LogP contribution is -2.26. The molecule has 0 radical (unpaired) electrons. The minimum atomic E-state index is -0.317. The molecule has 0 bridgehead atoms. The number of nitrogens with one attached hydrogen (secondary N) is 2. The molecule has 0 aliphatic rings. The molecule has 4 aromatic heterocycles. The molecule has 0 saturated heterocycles. The van der Waals surface area contributed by atoms with Crippen LogP contribution in [0.2, 0.25) is 5.02 Å². The molecule has 38 heavy (non-hydrogen) atoms. The van der Waals surface area contributed by atoms with Gasteiger partial charge in [-0.05, 0) is 48.0 Å². The van der Waals surface area contributed by atoms with E-state index in [1.807, 2.05) is 60.7 Å². The van der Waals surface area contributed by atoms with E-state index < -0.39 is 0 Å². The number of aromatic amines is 1. The Balaban J connectivity index is 1.47. The van der Waals surface area contributed by atoms with Crippen LogP contribution >= 0.6 is 11.6 Å². The third kappa shape index (κ3) is 4.51. The first-order valence-corrected chi connectivity index (χ1v) is 12.3. The lowest BCUT2D eigenvalue weighted by Gasteiger charge is -2.13. The van der Waals surface area contributed by atoms with Gasteiger partial charge in [-0.15, -0.1) is 0 Å². The van der Waals surface area contributed by atoms with E-state index in [4.69, 9.17) is 16.6 Å². The van der Waals surface area contributed by atoms with E-state index in [2.05, 4.69) is 20.3 Å². The molecular weight excluding hydrogens is 498 g/mol. The molecule has 2 N–H and O–H groups in total. The molecule has 0 saturated carbocycles. The van der Waals surface area contributed by atoms with Crippen molar-refractivity contribution in [3.63, 3.8) is 0 Å². The number of aromatic nitrogens is 4. The Labute approximate surface area is 222 Å². The lowest BCUT2D eigenvalue weighted by atomic mass is 9.96. The molecule has 1 amide bonds. The molecule has 6 aromatic rings. The molecule has 8 heteroatoms. The van der Waals surface area contributed by atoms with Gasteiger partial charge in [-0.2, -0.15) is 0 Å². The molecule has 184 valence electrons. The number of carbonyl (C=O) groups is 1. The van der Waals surface area contributed by atoms with Gasteiger partial charge in [-0.3, -0.25) is 19.6 Å². The van der Waals surface area contributed by atoms with Crippen LogP contribution in [0.15, 0.2) is 102 Å². The van der Waals surface area contributed by atoms with Crippen molar-refractivity contribution in [2.24, 2.45) is 0 Å². The number of pyridine rings is 4. The normalized spacial score (nSPS) is 11.1. The van der Waals surface area contributed by atoms with E-state index in [-0.39, 0.29) is 18.0 Å². The molecule has 4 heterocycles. The summed E-state index contributed by atoms with van der Waals surface area (Å²) in [5.41, 5.74) is 5.04. The van der Waals surface area contributed by atoms with Crippen molar-refractivity contribution in [1.82, 2.24) is 25.3 Å². The van der Waals surface area contributed by atoms with Gasteiger partial charge >= 0.3 is 0 Å². The van der Waals surface area contributed by atoms with Gasteiger partial charge in [0.1, 0.15) is 5.65 Å². The van der Waals surface area contributed by atoms with E-state index >= 15 is 0 Å². The molecule has 0 atom stereocenters. The number of carbonyl (C=O) groups excluding carboxylic acids is 1. The van der Waals surface area contributed by atoms with Crippen LogP contribution in [0, 0.1) is 0 Å². The fraction of sp³-hybridized carbons (Fsp3) is 0.0333. The minimum absolute atomic E-state index is 0.0578. The average molecular weight is 518 g/mol. The van der Waals surface area contributed by atoms with E-state index in [9.17, 15) is 9.59 Å². The monoisotopic (exact) mass is 517 g/mol. The number of amides is 1. The highest BCUT2D eigenvalue weighted by Crippen LogP contribution is 2.36. The second-order valence-electron chi connectivity index (χ2n) is 8.77. The highest BCUT2D eigenvalue weighted by atomic mass is 35.5. The van der Waals surface area contributed by atoms with Gasteiger partial charge in [0.15, 0.2) is 0 Å². The second-order valence-corrected chi connectivity index (χ2v) is 9.18. The molecule has 7 nitrogen and oxygen atoms in total. The molecule has 0 aliphatic carbocycles. The Morgan fingerprint density at radius 2 is 1.74 bits per heavy atom. The SMILES string of the molecule is O=C(NCc1cc2cc(-c3cc(Cl)c4ncccc4c3)c(-c3ccccc3)nc2[nH]c1=O)c1cccnc1. The summed E-state index contributed by atoms with van der Waals surface area (Å²) >= 11 is 6.62. The third-order valence-corrected chi connectivity index (χ3v) is 6.57. The number of fused-ring (bicyclic) bond motifs is 2. The van der Waals surface area contributed by atoms with Gasteiger partial charge in [-0.25, -0.2) is 4.98 Å². The molecule has 2 aromatic carbocycles. The fourth-order valence-corrected chi connectivity index (χ4v) is 4.70. The predicted molar refractivity (Wildman–Crippen MR) is 149 cm³/mol. The standard InChI is InChI=1S/C30H20ClN5O2/c31-25-15-21(12-19-8-5-11-33-27(19)25)24-14-22-13-23(17-34-29(37)20-9-4-10-32-16-20)30(38)36-28(22)35-26(24)18-6-2-1-3-7-18/h1-16H,17H2,(H,34,37)(H,35,36,38). The first-order valence-electron chi connectivity index (χ1n) is 11.9. The van der Waals surface area contributed by atoms with Crippen LogP contribution in [-0.2, 0) is 6.54 Å². The first kappa shape index (κ1) is 23.5. The van der Waals surface area contributed by atoms with Crippen molar-refractivity contribution < 1.29 is 4.79 Å². The zero-order chi connectivity index (χ0) is 26.1. The zero-order valence-electron chi connectivity index (χ0n) is 20.0. The van der Waals surface area contributed by atoms with Gasteiger partial charge < -0.3 is 10.3 Å². The van der Waals surface area contributed by atoms with Crippen LogP contribution < -0.4 is 10.9 Å². The quantitative estimate of drug-likeness (QED) is 0.302. The van der Waals surface area contributed by atoms with Gasteiger partial charge in [0.2, 0.25) is 0 Å². The Morgan fingerprint density at radius 3 is 2.55 bits per heavy atom. The number of hydrogen-bond acceptors (Lipinski definition) is 5. The van der Waals surface area contributed by atoms with Crippen molar-refractivity contribution in [2.45, 2.75) is 6.54 Å². The zero-order valence-corrected chi connectivity index (χ0v) is 20.7. The summed E-state index contributed by atoms with van der Waals surface area (Å²) in [7, 11) is 0. The molecule has 6 rings (SSSR count). The molecular formula is C30H20ClN5O2. The van der Waals surface area contributed by atoms with Crippen LogP contribution in [-0.4, -0.2) is 25.8 Å². The Kier molecular flexibility index (Phi) is 6.11. The summed E-state index contributed by atoms with van der Waals surface area (Å²) in [6.45, 7) is 0.0578.